The van der Waals surface area contributed by atoms with E-state index in [1.54, 1.807) is 18.7 Å². The van der Waals surface area contributed by atoms with Gasteiger partial charge in [-0.1, -0.05) is 19.3 Å². The number of carbonyl (C=O) groups excluding carboxylic acids is 1. The predicted octanol–water partition coefficient (Wildman–Crippen LogP) is 2.93. The average molecular weight is 285 g/mol. The van der Waals surface area contributed by atoms with E-state index < -0.39 is 0 Å². The van der Waals surface area contributed by atoms with Crippen LogP contribution in [-0.2, 0) is 11.3 Å². The van der Waals surface area contributed by atoms with Crippen LogP contribution in [-0.4, -0.2) is 15.9 Å². The smallest absolute Gasteiger partial charge is 0.223 e. The lowest BCUT2D eigenvalue weighted by Gasteiger charge is -2.20. The summed E-state index contributed by atoms with van der Waals surface area (Å²) in [6, 6.07) is 3.66. The highest BCUT2D eigenvalue weighted by molar-refractivity contribution is 5.78. The van der Waals surface area contributed by atoms with E-state index in [1.165, 1.54) is 6.42 Å². The molecule has 0 saturated heterocycles. The number of nitrogens with zero attached hydrogens (tertiary/aromatic N) is 2. The molecule has 1 saturated carbocycles. The summed E-state index contributed by atoms with van der Waals surface area (Å²) in [4.78, 5) is 20.8. The van der Waals surface area contributed by atoms with Crippen LogP contribution in [0.4, 0.5) is 0 Å². The molecule has 0 radical (unpaired) electrons. The van der Waals surface area contributed by atoms with Gasteiger partial charge >= 0.3 is 0 Å². The van der Waals surface area contributed by atoms with E-state index in [1.807, 2.05) is 12.1 Å². The van der Waals surface area contributed by atoms with E-state index in [0.29, 0.717) is 18.0 Å². The minimum atomic E-state index is 0.130. The molecular formula is C16H19N3O2. The quantitative estimate of drug-likeness (QED) is 0.937. The van der Waals surface area contributed by atoms with Crippen molar-refractivity contribution in [2.45, 2.75) is 38.6 Å². The third-order valence-corrected chi connectivity index (χ3v) is 3.93. The number of rotatable bonds is 4. The van der Waals surface area contributed by atoms with Crippen LogP contribution in [0, 0.1) is 5.92 Å². The molecule has 2 aromatic rings. The van der Waals surface area contributed by atoms with E-state index in [2.05, 4.69) is 15.3 Å². The summed E-state index contributed by atoms with van der Waals surface area (Å²) >= 11 is 0. The summed E-state index contributed by atoms with van der Waals surface area (Å²) in [5.41, 5.74) is 1.42. The number of hydrogen-bond acceptors (Lipinski definition) is 4. The number of amides is 1. The van der Waals surface area contributed by atoms with Gasteiger partial charge in [-0.25, -0.2) is 4.98 Å². The van der Waals surface area contributed by atoms with Gasteiger partial charge in [0.2, 0.25) is 5.91 Å². The lowest BCUT2D eigenvalue weighted by molar-refractivity contribution is -0.126. The Morgan fingerprint density at radius 3 is 2.81 bits per heavy atom. The van der Waals surface area contributed by atoms with Crippen molar-refractivity contribution in [3.05, 3.63) is 36.5 Å². The first-order valence-corrected chi connectivity index (χ1v) is 7.46. The zero-order valence-corrected chi connectivity index (χ0v) is 11.9. The molecule has 1 aliphatic carbocycles. The van der Waals surface area contributed by atoms with Crippen molar-refractivity contribution in [3.8, 4) is 11.5 Å². The molecule has 0 bridgehead atoms. The number of hydrogen-bond donors (Lipinski definition) is 1. The zero-order valence-electron chi connectivity index (χ0n) is 11.9. The molecule has 5 nitrogen and oxygen atoms in total. The molecular weight excluding hydrogens is 266 g/mol. The van der Waals surface area contributed by atoms with Crippen LogP contribution < -0.4 is 5.32 Å². The molecule has 2 aromatic heterocycles. The van der Waals surface area contributed by atoms with Crippen molar-refractivity contribution in [2.24, 2.45) is 5.92 Å². The molecule has 5 heteroatoms. The summed E-state index contributed by atoms with van der Waals surface area (Å²) in [5.74, 6) is 0.957. The van der Waals surface area contributed by atoms with Crippen molar-refractivity contribution in [2.75, 3.05) is 0 Å². The van der Waals surface area contributed by atoms with Gasteiger partial charge in [-0.05, 0) is 25.0 Å². The average Bonchev–Trinajstić information content (AvgIpc) is 3.08. The topological polar surface area (TPSA) is 68.0 Å². The highest BCUT2D eigenvalue weighted by Gasteiger charge is 2.21. The Labute approximate surface area is 123 Å². The van der Waals surface area contributed by atoms with Crippen LogP contribution in [0.3, 0.4) is 0 Å². The monoisotopic (exact) mass is 285 g/mol. The number of furan rings is 1. The molecule has 2 heterocycles. The fraction of sp³-hybridized carbons (Fsp3) is 0.438. The maximum Gasteiger partial charge on any atom is 0.223 e. The molecule has 0 unspecified atom stereocenters. The van der Waals surface area contributed by atoms with Gasteiger partial charge < -0.3 is 9.73 Å². The van der Waals surface area contributed by atoms with Crippen LogP contribution in [0.25, 0.3) is 11.5 Å². The van der Waals surface area contributed by atoms with Gasteiger partial charge in [-0.2, -0.15) is 0 Å². The van der Waals surface area contributed by atoms with Gasteiger partial charge in [-0.15, -0.1) is 0 Å². The Hall–Kier alpha value is -2.17. The zero-order chi connectivity index (χ0) is 14.5. The molecule has 0 aromatic carbocycles. The number of nitrogens with one attached hydrogen (secondary N) is 1. The van der Waals surface area contributed by atoms with Gasteiger partial charge in [0, 0.05) is 18.3 Å². The first kappa shape index (κ1) is 13.8. The number of carbonyl (C=O) groups is 1. The van der Waals surface area contributed by atoms with Gasteiger partial charge in [0.1, 0.15) is 5.69 Å². The second kappa shape index (κ2) is 6.52. The minimum Gasteiger partial charge on any atom is -0.463 e. The van der Waals surface area contributed by atoms with Gasteiger partial charge in [0.15, 0.2) is 5.76 Å². The highest BCUT2D eigenvalue weighted by Crippen LogP contribution is 2.24. The fourth-order valence-corrected chi connectivity index (χ4v) is 2.80. The SMILES string of the molecule is O=C(NCc1nccnc1-c1ccco1)C1CCCCC1. The van der Waals surface area contributed by atoms with Crippen molar-refractivity contribution in [1.82, 2.24) is 15.3 Å². The van der Waals surface area contributed by atoms with Gasteiger partial charge in [-0.3, -0.25) is 9.78 Å². The second-order valence-corrected chi connectivity index (χ2v) is 5.38. The van der Waals surface area contributed by atoms with Crippen molar-refractivity contribution in [1.29, 1.82) is 0 Å². The third kappa shape index (κ3) is 3.29. The summed E-state index contributed by atoms with van der Waals surface area (Å²) in [6.07, 6.45) is 10.4. The number of aromatic nitrogens is 2. The first-order valence-electron chi connectivity index (χ1n) is 7.46. The molecule has 21 heavy (non-hydrogen) atoms. The van der Waals surface area contributed by atoms with Crippen LogP contribution in [0.5, 0.6) is 0 Å². The molecule has 3 rings (SSSR count). The summed E-state index contributed by atoms with van der Waals surface area (Å²) in [7, 11) is 0. The Morgan fingerprint density at radius 2 is 2.05 bits per heavy atom. The molecule has 1 N–H and O–H groups in total. The lowest BCUT2D eigenvalue weighted by Crippen LogP contribution is -2.31. The summed E-state index contributed by atoms with van der Waals surface area (Å²) in [5, 5.41) is 2.99. The minimum absolute atomic E-state index is 0.130. The Bertz CT molecular complexity index is 589. The largest absolute Gasteiger partial charge is 0.463 e. The standard InChI is InChI=1S/C16H19N3O2/c20-16(12-5-2-1-3-6-12)19-11-13-15(18-9-8-17-13)14-7-4-10-21-14/h4,7-10,12H,1-3,5-6,11H2,(H,19,20). The maximum absolute atomic E-state index is 12.2. The second-order valence-electron chi connectivity index (χ2n) is 5.38. The first-order chi connectivity index (χ1) is 10.3. The van der Waals surface area contributed by atoms with E-state index in [4.69, 9.17) is 4.42 Å². The van der Waals surface area contributed by atoms with Crippen LogP contribution in [0.2, 0.25) is 0 Å². The van der Waals surface area contributed by atoms with Crippen molar-refractivity contribution < 1.29 is 9.21 Å². The van der Waals surface area contributed by atoms with E-state index in [0.717, 1.165) is 31.4 Å². The van der Waals surface area contributed by atoms with E-state index in [9.17, 15) is 4.79 Å². The van der Waals surface area contributed by atoms with E-state index >= 15 is 0 Å². The Balaban J connectivity index is 1.66. The van der Waals surface area contributed by atoms with Crippen molar-refractivity contribution in [3.63, 3.8) is 0 Å². The summed E-state index contributed by atoms with van der Waals surface area (Å²) < 4.78 is 5.37. The van der Waals surface area contributed by atoms with Crippen LogP contribution >= 0.6 is 0 Å². The van der Waals surface area contributed by atoms with Crippen molar-refractivity contribution >= 4 is 5.91 Å². The molecule has 0 spiro atoms. The molecule has 1 aliphatic rings. The molecule has 0 atom stereocenters. The lowest BCUT2D eigenvalue weighted by atomic mass is 9.89. The van der Waals surface area contributed by atoms with Crippen LogP contribution in [0.1, 0.15) is 37.8 Å². The van der Waals surface area contributed by atoms with E-state index in [-0.39, 0.29) is 11.8 Å². The predicted molar refractivity (Wildman–Crippen MR) is 78.2 cm³/mol. The normalized spacial score (nSPS) is 15.8. The highest BCUT2D eigenvalue weighted by atomic mass is 16.3. The summed E-state index contributed by atoms with van der Waals surface area (Å²) in [6.45, 7) is 0.388. The van der Waals surface area contributed by atoms with Gasteiger partial charge in [0.25, 0.3) is 0 Å². The van der Waals surface area contributed by atoms with Crippen LogP contribution in [0.15, 0.2) is 35.2 Å². The third-order valence-electron chi connectivity index (χ3n) is 3.93. The Kier molecular flexibility index (Phi) is 4.28. The fourth-order valence-electron chi connectivity index (χ4n) is 2.80. The molecule has 1 amide bonds. The Morgan fingerprint density at radius 1 is 1.24 bits per heavy atom. The molecule has 0 aliphatic heterocycles. The maximum atomic E-state index is 12.2. The molecule has 110 valence electrons. The molecule has 1 fully saturated rings. The van der Waals surface area contributed by atoms with Gasteiger partial charge in [0.05, 0.1) is 18.5 Å².